The number of carbonyl (C=O) groups is 1. The fraction of sp³-hybridized carbons (Fsp3) is 0.188. The average Bonchev–Trinajstić information content (AvgIpc) is 2.55. The van der Waals surface area contributed by atoms with E-state index >= 15 is 0 Å². The molecule has 0 aliphatic carbocycles. The highest BCUT2D eigenvalue weighted by atomic mass is 35.5. The van der Waals surface area contributed by atoms with E-state index < -0.39 is 22.1 Å². The van der Waals surface area contributed by atoms with Crippen molar-refractivity contribution in [3.05, 3.63) is 59.7 Å². The summed E-state index contributed by atoms with van der Waals surface area (Å²) in [6, 6.07) is 12.6. The van der Waals surface area contributed by atoms with Gasteiger partial charge in [0, 0.05) is 0 Å². The molecule has 8 heteroatoms. The summed E-state index contributed by atoms with van der Waals surface area (Å²) in [6.45, 7) is 0. The first-order chi connectivity index (χ1) is 11.3. The lowest BCUT2D eigenvalue weighted by Crippen LogP contribution is -2.14. The Morgan fingerprint density at radius 3 is 2.50 bits per heavy atom. The summed E-state index contributed by atoms with van der Waals surface area (Å²) in [5.41, 5.74) is 0.770. The van der Waals surface area contributed by atoms with Gasteiger partial charge in [-0.15, -0.1) is 11.6 Å². The number of carbonyl (C=O) groups excluding carboxylic acids is 1. The molecule has 2 rings (SSSR count). The fourth-order valence-corrected chi connectivity index (χ4v) is 2.68. The van der Waals surface area contributed by atoms with E-state index in [9.17, 15) is 18.3 Å². The van der Waals surface area contributed by atoms with Crippen molar-refractivity contribution in [1.82, 2.24) is 0 Å². The van der Waals surface area contributed by atoms with E-state index in [1.807, 2.05) is 0 Å². The summed E-state index contributed by atoms with van der Waals surface area (Å²) < 4.78 is 30.6. The molecule has 2 N–H and O–H groups in total. The molecule has 0 saturated heterocycles. The van der Waals surface area contributed by atoms with Gasteiger partial charge in [-0.3, -0.25) is 4.72 Å². The number of esters is 1. The molecule has 0 bridgehead atoms. The summed E-state index contributed by atoms with van der Waals surface area (Å²) in [7, 11) is -3.61. The van der Waals surface area contributed by atoms with Crippen molar-refractivity contribution in [2.45, 2.75) is 6.10 Å². The SMILES string of the molecule is CS(=O)(=O)Nc1cc([C@@H](O)CCl)ccc1OC(=O)c1ccccc1. The van der Waals surface area contributed by atoms with Crippen LogP contribution >= 0.6 is 11.6 Å². The fourth-order valence-electron chi connectivity index (χ4n) is 1.95. The first-order valence-electron chi connectivity index (χ1n) is 6.93. The van der Waals surface area contributed by atoms with Crippen LogP contribution in [0.1, 0.15) is 22.0 Å². The number of benzene rings is 2. The molecular formula is C16H16ClNO5S. The highest BCUT2D eigenvalue weighted by Crippen LogP contribution is 2.30. The van der Waals surface area contributed by atoms with Crippen molar-refractivity contribution in [1.29, 1.82) is 0 Å². The van der Waals surface area contributed by atoms with Gasteiger partial charge < -0.3 is 9.84 Å². The van der Waals surface area contributed by atoms with E-state index in [1.165, 1.54) is 18.2 Å². The number of ether oxygens (including phenoxy) is 1. The van der Waals surface area contributed by atoms with Crippen LogP contribution < -0.4 is 9.46 Å². The molecule has 6 nitrogen and oxygen atoms in total. The number of aliphatic hydroxyl groups excluding tert-OH is 1. The Balaban J connectivity index is 2.35. The first-order valence-corrected chi connectivity index (χ1v) is 9.36. The Bertz CT molecular complexity index is 824. The summed E-state index contributed by atoms with van der Waals surface area (Å²) in [6.07, 6.45) is 0.00568. The predicted molar refractivity (Wildman–Crippen MR) is 92.0 cm³/mol. The smallest absolute Gasteiger partial charge is 0.343 e. The average molecular weight is 370 g/mol. The van der Waals surface area contributed by atoms with Crippen molar-refractivity contribution >= 4 is 33.3 Å². The molecule has 0 unspecified atom stereocenters. The molecule has 0 heterocycles. The van der Waals surface area contributed by atoms with Gasteiger partial charge >= 0.3 is 5.97 Å². The first kappa shape index (κ1) is 18.3. The van der Waals surface area contributed by atoms with Crippen molar-refractivity contribution in [3.8, 4) is 5.75 Å². The molecule has 0 aromatic heterocycles. The summed E-state index contributed by atoms with van der Waals surface area (Å²) in [5, 5.41) is 9.79. The van der Waals surface area contributed by atoms with Crippen molar-refractivity contribution in [2.75, 3.05) is 16.9 Å². The number of hydrogen-bond acceptors (Lipinski definition) is 5. The maximum atomic E-state index is 12.1. The molecule has 24 heavy (non-hydrogen) atoms. The molecule has 2 aromatic carbocycles. The van der Waals surface area contributed by atoms with Gasteiger partial charge in [0.15, 0.2) is 5.75 Å². The minimum atomic E-state index is -3.61. The second-order valence-corrected chi connectivity index (χ2v) is 7.11. The van der Waals surface area contributed by atoms with Gasteiger partial charge in [0.05, 0.1) is 29.5 Å². The van der Waals surface area contributed by atoms with Crippen LogP contribution in [0.3, 0.4) is 0 Å². The van der Waals surface area contributed by atoms with Crippen LogP contribution in [0.15, 0.2) is 48.5 Å². The van der Waals surface area contributed by atoms with E-state index in [1.54, 1.807) is 30.3 Å². The lowest BCUT2D eigenvalue weighted by atomic mass is 10.1. The van der Waals surface area contributed by atoms with E-state index in [-0.39, 0.29) is 17.3 Å². The summed E-state index contributed by atoms with van der Waals surface area (Å²) in [4.78, 5) is 12.1. The van der Waals surface area contributed by atoms with Crippen LogP contribution in [-0.2, 0) is 10.0 Å². The van der Waals surface area contributed by atoms with Gasteiger partial charge in [-0.25, -0.2) is 13.2 Å². The van der Waals surface area contributed by atoms with E-state index in [0.717, 1.165) is 6.26 Å². The topological polar surface area (TPSA) is 92.7 Å². The Morgan fingerprint density at radius 2 is 1.92 bits per heavy atom. The van der Waals surface area contributed by atoms with Crippen LogP contribution in [-0.4, -0.2) is 31.6 Å². The van der Waals surface area contributed by atoms with Crippen LogP contribution in [0.4, 0.5) is 5.69 Å². The van der Waals surface area contributed by atoms with Gasteiger partial charge in [-0.1, -0.05) is 24.3 Å². The van der Waals surface area contributed by atoms with Crippen LogP contribution in [0.25, 0.3) is 0 Å². The molecule has 0 saturated carbocycles. The van der Waals surface area contributed by atoms with E-state index in [2.05, 4.69) is 4.72 Å². The van der Waals surface area contributed by atoms with E-state index in [0.29, 0.717) is 11.1 Å². The summed E-state index contributed by atoms with van der Waals surface area (Å²) >= 11 is 5.60. The molecular weight excluding hydrogens is 354 g/mol. The minimum Gasteiger partial charge on any atom is -0.421 e. The zero-order valence-electron chi connectivity index (χ0n) is 12.8. The van der Waals surface area contributed by atoms with Gasteiger partial charge in [0.2, 0.25) is 10.0 Å². The lowest BCUT2D eigenvalue weighted by Gasteiger charge is -2.14. The third-order valence-electron chi connectivity index (χ3n) is 3.04. The Kier molecular flexibility index (Phi) is 5.82. The van der Waals surface area contributed by atoms with Crippen molar-refractivity contribution in [2.24, 2.45) is 0 Å². The second kappa shape index (κ2) is 7.65. The zero-order chi connectivity index (χ0) is 17.7. The van der Waals surface area contributed by atoms with Crippen LogP contribution in [0.2, 0.25) is 0 Å². The Morgan fingerprint density at radius 1 is 1.25 bits per heavy atom. The molecule has 0 spiro atoms. The maximum Gasteiger partial charge on any atom is 0.343 e. The number of rotatable bonds is 6. The molecule has 0 aliphatic rings. The molecule has 128 valence electrons. The normalized spacial score (nSPS) is 12.5. The molecule has 0 aliphatic heterocycles. The summed E-state index contributed by atoms with van der Waals surface area (Å²) in [5.74, 6) is -0.654. The van der Waals surface area contributed by atoms with Gasteiger partial charge in [0.1, 0.15) is 0 Å². The second-order valence-electron chi connectivity index (χ2n) is 5.06. The lowest BCUT2D eigenvalue weighted by molar-refractivity contribution is 0.0735. The van der Waals surface area contributed by atoms with Gasteiger partial charge in [0.25, 0.3) is 0 Å². The van der Waals surface area contributed by atoms with Gasteiger partial charge in [-0.05, 0) is 29.8 Å². The van der Waals surface area contributed by atoms with Gasteiger partial charge in [-0.2, -0.15) is 0 Å². The third-order valence-corrected chi connectivity index (χ3v) is 3.93. The third kappa shape index (κ3) is 4.95. The number of hydrogen-bond donors (Lipinski definition) is 2. The highest BCUT2D eigenvalue weighted by molar-refractivity contribution is 7.92. The predicted octanol–water partition coefficient (Wildman–Crippen LogP) is 2.55. The Hall–Kier alpha value is -2.09. The van der Waals surface area contributed by atoms with Crippen LogP contribution in [0, 0.1) is 0 Å². The zero-order valence-corrected chi connectivity index (χ0v) is 14.3. The molecule has 1 atom stereocenters. The number of anilines is 1. The minimum absolute atomic E-state index is 0.0276. The van der Waals surface area contributed by atoms with Crippen molar-refractivity contribution in [3.63, 3.8) is 0 Å². The molecule has 2 aromatic rings. The van der Waals surface area contributed by atoms with Crippen LogP contribution in [0.5, 0.6) is 5.75 Å². The quantitative estimate of drug-likeness (QED) is 0.463. The monoisotopic (exact) mass is 369 g/mol. The largest absolute Gasteiger partial charge is 0.421 e. The highest BCUT2D eigenvalue weighted by Gasteiger charge is 2.16. The molecule has 0 fully saturated rings. The maximum absolute atomic E-state index is 12.1. The number of sulfonamides is 1. The number of nitrogens with one attached hydrogen (secondary N) is 1. The standard InChI is InChI=1S/C16H16ClNO5S/c1-24(21,22)18-13-9-12(14(19)10-17)7-8-15(13)23-16(20)11-5-3-2-4-6-11/h2-9,14,18-19H,10H2,1H3/t14-/m0/s1. The molecule has 0 radical (unpaired) electrons. The number of aliphatic hydroxyl groups is 1. The number of alkyl halides is 1. The number of halogens is 1. The van der Waals surface area contributed by atoms with E-state index in [4.69, 9.17) is 16.3 Å². The molecule has 0 amide bonds. The van der Waals surface area contributed by atoms with Crippen molar-refractivity contribution < 1.29 is 23.1 Å². The Labute approximate surface area is 145 Å².